The van der Waals surface area contributed by atoms with Gasteiger partial charge in [-0.1, -0.05) is 121 Å². The maximum atomic E-state index is 2.25. The lowest BCUT2D eigenvalue weighted by molar-refractivity contribution is 1.76. The number of rotatable bonds is 9. The van der Waals surface area contributed by atoms with Gasteiger partial charge in [0.05, 0.1) is 0 Å². The number of benzene rings is 4. The first-order valence-corrected chi connectivity index (χ1v) is 18.1. The third kappa shape index (κ3) is 6.33. The molecule has 0 N–H and O–H groups in total. The van der Waals surface area contributed by atoms with Crippen LogP contribution in [-0.4, -0.2) is 0 Å². The van der Waals surface area contributed by atoms with E-state index in [1.807, 2.05) is 40.5 Å². The van der Waals surface area contributed by atoms with Gasteiger partial charge >= 0.3 is 0 Å². The predicted molar refractivity (Wildman–Crippen MR) is 149 cm³/mol. The molecule has 0 fully saturated rings. The summed E-state index contributed by atoms with van der Waals surface area (Å²) in [4.78, 5) is 0. The molecular weight excluding hydrogens is 478 g/mol. The second-order valence-electron chi connectivity index (χ2n) is 6.22. The molecular formula is C24H20P2S4. The van der Waals surface area contributed by atoms with Crippen molar-refractivity contribution in [3.63, 3.8) is 0 Å². The summed E-state index contributed by atoms with van der Waals surface area (Å²) in [5.41, 5.74) is 0. The lowest BCUT2D eigenvalue weighted by atomic mass is 10.4. The van der Waals surface area contributed by atoms with Crippen molar-refractivity contribution in [1.82, 2.24) is 0 Å². The first kappa shape index (κ1) is 22.3. The molecule has 4 aromatic carbocycles. The van der Waals surface area contributed by atoms with E-state index < -0.39 is 14.2 Å². The van der Waals surface area contributed by atoms with Crippen LogP contribution in [0.4, 0.5) is 0 Å². The Hall–Kier alpha value is -0.860. The molecule has 4 rings (SSSR count). The molecule has 0 saturated carbocycles. The molecule has 0 atom stereocenters. The van der Waals surface area contributed by atoms with Crippen molar-refractivity contribution >= 4 is 75.9 Å². The average molecular weight is 499 g/mol. The number of hydrogen-bond donors (Lipinski definition) is 0. The van der Waals surface area contributed by atoms with Crippen molar-refractivity contribution in [1.29, 1.82) is 0 Å². The van der Waals surface area contributed by atoms with E-state index in [0.29, 0.717) is 0 Å². The fourth-order valence-electron chi connectivity index (χ4n) is 2.81. The molecule has 0 unspecified atom stereocenters. The summed E-state index contributed by atoms with van der Waals surface area (Å²) in [5.74, 6) is 0. The lowest BCUT2D eigenvalue weighted by Crippen LogP contribution is -2.08. The van der Waals surface area contributed by atoms with Crippen molar-refractivity contribution in [3.05, 3.63) is 121 Å². The summed E-state index contributed by atoms with van der Waals surface area (Å²) >= 11 is 0. The van der Waals surface area contributed by atoms with E-state index in [1.165, 1.54) is 21.2 Å². The third-order valence-corrected chi connectivity index (χ3v) is 20.8. The fraction of sp³-hybridized carbons (Fsp3) is 0. The molecule has 0 aliphatic carbocycles. The minimum Gasteiger partial charge on any atom is -0.0622 e. The molecule has 0 aromatic heterocycles. The molecule has 0 saturated heterocycles. The van der Waals surface area contributed by atoms with Crippen LogP contribution in [0, 0.1) is 0 Å². The van der Waals surface area contributed by atoms with E-state index in [-0.39, 0.29) is 0 Å². The van der Waals surface area contributed by atoms with Crippen LogP contribution in [0.25, 0.3) is 0 Å². The van der Waals surface area contributed by atoms with Crippen LogP contribution in [0.1, 0.15) is 0 Å². The van der Waals surface area contributed by atoms with E-state index in [4.69, 9.17) is 0 Å². The SMILES string of the molecule is c1ccc(P(SSSSP(c2ccccc2)c2ccccc2)c2ccccc2)cc1. The standard InChI is InChI=1S/C24H20P2S4/c1-5-13-21(14-6-1)25(22-15-7-2-8-16-22)27-29-30-28-26(23-17-9-3-10-18-23)24-19-11-4-12-20-24/h1-20H. The topological polar surface area (TPSA) is 0 Å². The summed E-state index contributed by atoms with van der Waals surface area (Å²) in [6, 6.07) is 43.6. The highest BCUT2D eigenvalue weighted by atomic mass is 33.8. The Labute approximate surface area is 196 Å². The van der Waals surface area contributed by atoms with Gasteiger partial charge in [-0.25, -0.2) is 0 Å². The van der Waals surface area contributed by atoms with E-state index >= 15 is 0 Å². The highest BCUT2D eigenvalue weighted by Gasteiger charge is 2.18. The monoisotopic (exact) mass is 498 g/mol. The maximum absolute atomic E-state index is 2.25. The quantitative estimate of drug-likeness (QED) is 0.131. The Morgan fingerprint density at radius 3 is 0.800 bits per heavy atom. The molecule has 6 heteroatoms. The van der Waals surface area contributed by atoms with Crippen LogP contribution < -0.4 is 21.2 Å². The molecule has 0 spiro atoms. The molecule has 0 aliphatic rings. The molecule has 0 bridgehead atoms. The van der Waals surface area contributed by atoms with Crippen LogP contribution in [0.15, 0.2) is 121 Å². The molecule has 0 amide bonds. The normalized spacial score (nSPS) is 11.1. The lowest BCUT2D eigenvalue weighted by Gasteiger charge is -2.19. The first-order valence-electron chi connectivity index (χ1n) is 9.40. The van der Waals surface area contributed by atoms with Gasteiger partial charge in [0.1, 0.15) is 0 Å². The summed E-state index contributed by atoms with van der Waals surface area (Å²) in [5, 5.41) is 5.65. The van der Waals surface area contributed by atoms with Crippen LogP contribution >= 0.6 is 54.7 Å². The summed E-state index contributed by atoms with van der Waals surface area (Å²) in [6.07, 6.45) is 0. The second-order valence-corrected chi connectivity index (χ2v) is 19.1. The van der Waals surface area contributed by atoms with Gasteiger partial charge in [0, 0.05) is 14.2 Å². The van der Waals surface area contributed by atoms with Gasteiger partial charge in [-0.2, -0.15) is 0 Å². The highest BCUT2D eigenvalue weighted by Crippen LogP contribution is 2.66. The van der Waals surface area contributed by atoms with Gasteiger partial charge in [-0.05, 0) is 61.7 Å². The summed E-state index contributed by atoms with van der Waals surface area (Å²) < 4.78 is 0. The Morgan fingerprint density at radius 2 is 0.567 bits per heavy atom. The average Bonchev–Trinajstić information content (AvgIpc) is 2.84. The van der Waals surface area contributed by atoms with Crippen LogP contribution in [0.5, 0.6) is 0 Å². The predicted octanol–water partition coefficient (Wildman–Crippen LogP) is 7.76. The maximum Gasteiger partial charge on any atom is 0.0283 e. The smallest absolute Gasteiger partial charge is 0.0283 e. The largest absolute Gasteiger partial charge is 0.0622 e. The number of hydrogen-bond acceptors (Lipinski definition) is 4. The van der Waals surface area contributed by atoms with Crippen molar-refractivity contribution in [2.24, 2.45) is 0 Å². The second kappa shape index (κ2) is 12.2. The van der Waals surface area contributed by atoms with Gasteiger partial charge in [0.25, 0.3) is 0 Å². The van der Waals surface area contributed by atoms with Crippen molar-refractivity contribution in [2.45, 2.75) is 0 Å². The molecule has 0 aliphatic heterocycles. The summed E-state index contributed by atoms with van der Waals surface area (Å²) in [6.45, 7) is 0. The van der Waals surface area contributed by atoms with E-state index in [0.717, 1.165) is 0 Å². The zero-order valence-electron chi connectivity index (χ0n) is 16.1. The molecule has 0 nitrogen and oxygen atoms in total. The summed E-state index contributed by atoms with van der Waals surface area (Å²) in [7, 11) is 6.93. The Balaban J connectivity index is 1.45. The molecule has 30 heavy (non-hydrogen) atoms. The zero-order chi connectivity index (χ0) is 20.4. The van der Waals surface area contributed by atoms with Crippen LogP contribution in [0.2, 0.25) is 0 Å². The van der Waals surface area contributed by atoms with Gasteiger partial charge in [0.2, 0.25) is 0 Å². The highest BCUT2D eigenvalue weighted by molar-refractivity contribution is 9.37. The van der Waals surface area contributed by atoms with Crippen LogP contribution in [-0.2, 0) is 0 Å². The Morgan fingerprint density at radius 1 is 0.333 bits per heavy atom. The minimum atomic E-state index is -0.438. The van der Waals surface area contributed by atoms with Crippen LogP contribution in [0.3, 0.4) is 0 Å². The van der Waals surface area contributed by atoms with Crippen molar-refractivity contribution in [2.75, 3.05) is 0 Å². The Bertz CT molecular complexity index is 838. The van der Waals surface area contributed by atoms with Gasteiger partial charge < -0.3 is 0 Å². The first-order chi connectivity index (χ1) is 14.9. The van der Waals surface area contributed by atoms with E-state index in [1.54, 1.807) is 0 Å². The van der Waals surface area contributed by atoms with Gasteiger partial charge in [-0.15, -0.1) is 0 Å². The van der Waals surface area contributed by atoms with Gasteiger partial charge in [0.15, 0.2) is 0 Å². The Kier molecular flexibility index (Phi) is 9.12. The zero-order valence-corrected chi connectivity index (χ0v) is 21.1. The minimum absolute atomic E-state index is 0.438. The van der Waals surface area contributed by atoms with E-state index in [9.17, 15) is 0 Å². The third-order valence-electron chi connectivity index (χ3n) is 4.20. The van der Waals surface area contributed by atoms with E-state index in [2.05, 4.69) is 121 Å². The molecule has 0 radical (unpaired) electrons. The fourth-order valence-corrected chi connectivity index (χ4v) is 22.0. The van der Waals surface area contributed by atoms with Crippen molar-refractivity contribution in [3.8, 4) is 0 Å². The molecule has 150 valence electrons. The molecule has 0 heterocycles. The van der Waals surface area contributed by atoms with Crippen molar-refractivity contribution < 1.29 is 0 Å². The molecule has 4 aromatic rings. The van der Waals surface area contributed by atoms with Gasteiger partial charge in [-0.3, -0.25) is 0 Å².